The predicted octanol–water partition coefficient (Wildman–Crippen LogP) is 4.19. The van der Waals surface area contributed by atoms with Gasteiger partial charge in [-0.1, -0.05) is 11.6 Å². The van der Waals surface area contributed by atoms with Crippen molar-refractivity contribution in [2.24, 2.45) is 0 Å². The first kappa shape index (κ1) is 25.0. The van der Waals surface area contributed by atoms with Crippen LogP contribution in [0.3, 0.4) is 0 Å². The summed E-state index contributed by atoms with van der Waals surface area (Å²) in [6.07, 6.45) is -0.399. The van der Waals surface area contributed by atoms with E-state index in [4.69, 9.17) is 16.3 Å². The number of halogens is 1. The van der Waals surface area contributed by atoms with E-state index in [0.717, 1.165) is 6.07 Å². The molecule has 1 aliphatic heterocycles. The number of carbonyl (C=O) groups is 3. The van der Waals surface area contributed by atoms with Gasteiger partial charge in [-0.25, -0.2) is 4.79 Å². The van der Waals surface area contributed by atoms with Crippen LogP contribution in [0, 0.1) is 10.1 Å². The van der Waals surface area contributed by atoms with E-state index in [1.54, 1.807) is 54.8 Å². The van der Waals surface area contributed by atoms with E-state index in [1.807, 2.05) is 0 Å². The molecule has 0 bridgehead atoms. The lowest BCUT2D eigenvalue weighted by atomic mass is 10.1. The van der Waals surface area contributed by atoms with Gasteiger partial charge in [-0.3, -0.25) is 19.7 Å². The Morgan fingerprint density at radius 2 is 1.59 bits per heavy atom. The van der Waals surface area contributed by atoms with Crippen molar-refractivity contribution in [3.63, 3.8) is 0 Å². The van der Waals surface area contributed by atoms with Gasteiger partial charge in [0.15, 0.2) is 0 Å². The van der Waals surface area contributed by atoms with E-state index in [0.29, 0.717) is 37.4 Å². The number of ether oxygens (including phenoxy) is 1. The van der Waals surface area contributed by atoms with Crippen molar-refractivity contribution in [1.29, 1.82) is 0 Å². The van der Waals surface area contributed by atoms with Crippen molar-refractivity contribution in [2.75, 3.05) is 31.5 Å². The first-order chi connectivity index (χ1) is 15.9. The lowest BCUT2D eigenvalue weighted by molar-refractivity contribution is -0.384. The first-order valence-electron chi connectivity index (χ1n) is 10.6. The van der Waals surface area contributed by atoms with Gasteiger partial charge >= 0.3 is 6.09 Å². The van der Waals surface area contributed by atoms with Gasteiger partial charge < -0.3 is 19.9 Å². The summed E-state index contributed by atoms with van der Waals surface area (Å²) in [5, 5.41) is 13.7. The molecule has 1 N–H and O–H groups in total. The molecule has 1 heterocycles. The van der Waals surface area contributed by atoms with Crippen LogP contribution < -0.4 is 5.32 Å². The lowest BCUT2D eigenvalue weighted by Gasteiger charge is -2.35. The van der Waals surface area contributed by atoms with Gasteiger partial charge in [0.2, 0.25) is 0 Å². The van der Waals surface area contributed by atoms with Gasteiger partial charge in [0.1, 0.15) is 5.60 Å². The Balaban J connectivity index is 1.59. The van der Waals surface area contributed by atoms with Gasteiger partial charge in [-0.05, 0) is 51.1 Å². The molecule has 10 nitrogen and oxygen atoms in total. The number of nitrogens with zero attached hydrogens (tertiary/aromatic N) is 3. The fourth-order valence-electron chi connectivity index (χ4n) is 3.30. The minimum Gasteiger partial charge on any atom is -0.444 e. The second-order valence-corrected chi connectivity index (χ2v) is 9.12. The third kappa shape index (κ3) is 6.22. The zero-order chi connectivity index (χ0) is 25.0. The van der Waals surface area contributed by atoms with Crippen LogP contribution in [-0.2, 0) is 4.74 Å². The molecule has 34 heavy (non-hydrogen) atoms. The Kier molecular flexibility index (Phi) is 7.41. The number of rotatable bonds is 4. The number of anilines is 1. The molecular formula is C23H25ClN4O6. The van der Waals surface area contributed by atoms with Crippen LogP contribution in [0.5, 0.6) is 0 Å². The number of hydrogen-bond donors (Lipinski definition) is 1. The van der Waals surface area contributed by atoms with Gasteiger partial charge in [-0.2, -0.15) is 0 Å². The molecule has 0 spiro atoms. The SMILES string of the molecule is CC(C)(C)OC(=O)N1CCN(C(=O)c2ccc(NC(=O)c3cc([N+](=O)[O-])ccc3Cl)cc2)CC1. The molecular weight excluding hydrogens is 464 g/mol. The highest BCUT2D eigenvalue weighted by molar-refractivity contribution is 6.34. The molecule has 1 aliphatic rings. The molecule has 2 aromatic rings. The summed E-state index contributed by atoms with van der Waals surface area (Å²) in [6.45, 7) is 6.90. The largest absolute Gasteiger partial charge is 0.444 e. The molecule has 0 aliphatic carbocycles. The molecule has 0 saturated carbocycles. The van der Waals surface area contributed by atoms with E-state index < -0.39 is 22.5 Å². The van der Waals surface area contributed by atoms with Crippen LogP contribution in [0.25, 0.3) is 0 Å². The Morgan fingerprint density at radius 3 is 2.15 bits per heavy atom. The summed E-state index contributed by atoms with van der Waals surface area (Å²) in [5.41, 5.74) is -0.0287. The second kappa shape index (κ2) is 10.1. The average molecular weight is 489 g/mol. The highest BCUT2D eigenvalue weighted by Crippen LogP contribution is 2.23. The van der Waals surface area contributed by atoms with Crippen molar-refractivity contribution < 1.29 is 24.0 Å². The molecule has 2 aromatic carbocycles. The predicted molar refractivity (Wildman–Crippen MR) is 126 cm³/mol. The van der Waals surface area contributed by atoms with Crippen LogP contribution in [0.15, 0.2) is 42.5 Å². The van der Waals surface area contributed by atoms with Crippen molar-refractivity contribution in [2.45, 2.75) is 26.4 Å². The fraction of sp³-hybridized carbons (Fsp3) is 0.348. The van der Waals surface area contributed by atoms with Crippen molar-refractivity contribution >= 4 is 40.9 Å². The number of amides is 3. The summed E-state index contributed by atoms with van der Waals surface area (Å²) >= 11 is 6.01. The summed E-state index contributed by atoms with van der Waals surface area (Å²) < 4.78 is 5.37. The highest BCUT2D eigenvalue weighted by atomic mass is 35.5. The molecule has 0 unspecified atom stereocenters. The quantitative estimate of drug-likeness (QED) is 0.508. The Hall–Kier alpha value is -3.66. The maximum Gasteiger partial charge on any atom is 0.410 e. The molecule has 3 amide bonds. The number of piperazine rings is 1. The number of non-ortho nitro benzene ring substituents is 1. The minimum absolute atomic E-state index is 0.0288. The number of carbonyl (C=O) groups excluding carboxylic acids is 3. The molecule has 0 aromatic heterocycles. The smallest absolute Gasteiger partial charge is 0.410 e. The van der Waals surface area contributed by atoms with Gasteiger partial charge in [0, 0.05) is 49.6 Å². The fourth-order valence-corrected chi connectivity index (χ4v) is 3.50. The maximum atomic E-state index is 12.8. The van der Waals surface area contributed by atoms with Crippen LogP contribution >= 0.6 is 11.6 Å². The minimum atomic E-state index is -0.610. The standard InChI is InChI=1S/C23H25ClN4O6/c1-23(2,3)34-22(31)27-12-10-26(11-13-27)21(30)15-4-6-16(7-5-15)25-20(29)18-14-17(28(32)33)8-9-19(18)24/h4-9,14H,10-13H2,1-3H3,(H,25,29). The van der Waals surface area contributed by atoms with Crippen LogP contribution in [-0.4, -0.2) is 64.4 Å². The van der Waals surface area contributed by atoms with Gasteiger partial charge in [0.25, 0.3) is 17.5 Å². The average Bonchev–Trinajstić information content (AvgIpc) is 2.78. The number of nitro groups is 1. The van der Waals surface area contributed by atoms with E-state index in [-0.39, 0.29) is 22.2 Å². The molecule has 1 saturated heterocycles. The van der Waals surface area contributed by atoms with E-state index >= 15 is 0 Å². The molecule has 180 valence electrons. The van der Waals surface area contributed by atoms with Gasteiger partial charge in [0.05, 0.1) is 15.5 Å². The molecule has 1 fully saturated rings. The summed E-state index contributed by atoms with van der Waals surface area (Å²) in [4.78, 5) is 51.1. The van der Waals surface area contributed by atoms with E-state index in [9.17, 15) is 24.5 Å². The van der Waals surface area contributed by atoms with Crippen molar-refractivity contribution in [3.8, 4) is 0 Å². The van der Waals surface area contributed by atoms with Crippen LogP contribution in [0.1, 0.15) is 41.5 Å². The molecule has 0 atom stereocenters. The third-order valence-electron chi connectivity index (χ3n) is 5.01. The number of nitro benzene ring substituents is 1. The number of hydrogen-bond acceptors (Lipinski definition) is 6. The van der Waals surface area contributed by atoms with E-state index in [2.05, 4.69) is 5.32 Å². The summed E-state index contributed by atoms with van der Waals surface area (Å²) in [6, 6.07) is 9.89. The van der Waals surface area contributed by atoms with Crippen molar-refractivity contribution in [1.82, 2.24) is 9.80 Å². The normalized spacial score (nSPS) is 13.9. The number of nitrogens with one attached hydrogen (secondary N) is 1. The molecule has 3 rings (SSSR count). The zero-order valence-electron chi connectivity index (χ0n) is 19.0. The molecule has 0 radical (unpaired) electrons. The van der Waals surface area contributed by atoms with E-state index in [1.165, 1.54) is 12.1 Å². The van der Waals surface area contributed by atoms with Crippen LogP contribution in [0.4, 0.5) is 16.2 Å². The van der Waals surface area contributed by atoms with Crippen LogP contribution in [0.2, 0.25) is 5.02 Å². The Morgan fingerprint density at radius 1 is 1.00 bits per heavy atom. The monoisotopic (exact) mass is 488 g/mol. The van der Waals surface area contributed by atoms with Gasteiger partial charge in [-0.15, -0.1) is 0 Å². The Labute approximate surface area is 201 Å². The summed E-state index contributed by atoms with van der Waals surface area (Å²) in [5.74, 6) is -0.797. The number of benzene rings is 2. The third-order valence-corrected chi connectivity index (χ3v) is 5.34. The summed E-state index contributed by atoms with van der Waals surface area (Å²) in [7, 11) is 0. The molecule has 11 heteroatoms. The second-order valence-electron chi connectivity index (χ2n) is 8.71. The topological polar surface area (TPSA) is 122 Å². The zero-order valence-corrected chi connectivity index (χ0v) is 19.8. The van der Waals surface area contributed by atoms with Crippen molar-refractivity contribution in [3.05, 3.63) is 68.7 Å². The highest BCUT2D eigenvalue weighted by Gasteiger charge is 2.28. The first-order valence-corrected chi connectivity index (χ1v) is 10.9. The maximum absolute atomic E-state index is 12.8. The Bertz CT molecular complexity index is 1110. The lowest BCUT2D eigenvalue weighted by Crippen LogP contribution is -2.51.